The first-order valence-electron chi connectivity index (χ1n) is 20.8. The van der Waals surface area contributed by atoms with Gasteiger partial charge >= 0.3 is 0 Å². The van der Waals surface area contributed by atoms with Gasteiger partial charge in [0.15, 0.2) is 0 Å². The van der Waals surface area contributed by atoms with Crippen molar-refractivity contribution >= 4 is 16.6 Å². The van der Waals surface area contributed by atoms with Crippen LogP contribution in [0.25, 0.3) is 16.6 Å². The smallest absolute Gasteiger partial charge is 0.0992 e. The molecule has 0 bridgehead atoms. The van der Waals surface area contributed by atoms with Gasteiger partial charge in [-0.05, 0) is 145 Å². The molecule has 0 spiro atoms. The molecule has 6 saturated carbocycles. The minimum Gasteiger partial charge on any atom is -0.306 e. The van der Waals surface area contributed by atoms with Gasteiger partial charge in [-0.2, -0.15) is 0 Å². The van der Waals surface area contributed by atoms with Crippen LogP contribution in [0.3, 0.4) is 0 Å². The maximum absolute atomic E-state index is 4.34. The summed E-state index contributed by atoms with van der Waals surface area (Å²) < 4.78 is 6.56. The maximum atomic E-state index is 4.34. The molecule has 6 aromatic heterocycles. The highest BCUT2D eigenvalue weighted by Crippen LogP contribution is 2.68. The van der Waals surface area contributed by atoms with E-state index in [2.05, 4.69) is 106 Å². The van der Waals surface area contributed by atoms with Crippen molar-refractivity contribution in [2.45, 2.75) is 128 Å². The van der Waals surface area contributed by atoms with Crippen LogP contribution in [0.1, 0.15) is 125 Å². The van der Waals surface area contributed by atoms with E-state index in [9.17, 15) is 0 Å². The van der Waals surface area contributed by atoms with Gasteiger partial charge in [-0.15, -0.1) is 0 Å². The van der Waals surface area contributed by atoms with Crippen LogP contribution in [0.2, 0.25) is 0 Å². The first-order valence-corrected chi connectivity index (χ1v) is 20.8. The number of hydrogen-bond acceptors (Lipinski definition) is 3. The molecule has 6 heteroatoms. The summed E-state index contributed by atoms with van der Waals surface area (Å²) >= 11 is 0. The van der Waals surface area contributed by atoms with E-state index < -0.39 is 0 Å². The molecule has 0 amide bonds. The molecule has 6 aromatic rings. The molecule has 0 N–H and O–H groups in total. The number of hydrogen-bond donors (Lipinski definition) is 0. The zero-order valence-corrected chi connectivity index (χ0v) is 32.9. The molecule has 6 unspecified atom stereocenters. The molecule has 0 radical (unpaired) electrons. The second-order valence-electron chi connectivity index (χ2n) is 19.4. The Bertz CT molecular complexity index is 2230. The normalized spacial score (nSPS) is 34.8. The third-order valence-corrected chi connectivity index (χ3v) is 15.5. The quantitative estimate of drug-likeness (QED) is 0.184. The van der Waals surface area contributed by atoms with Gasteiger partial charge in [-0.25, -0.2) is 15.0 Å². The lowest BCUT2D eigenvalue weighted by molar-refractivity contribution is 0.438. The number of aryl methyl sites for hydroxylation is 3. The average Bonchev–Trinajstić information content (AvgIpc) is 3.78. The third kappa shape index (κ3) is 5.51. The van der Waals surface area contributed by atoms with Gasteiger partial charge in [0.25, 0.3) is 0 Å². The summed E-state index contributed by atoms with van der Waals surface area (Å²) in [5.74, 6) is 5.86. The van der Waals surface area contributed by atoms with E-state index in [1.807, 2.05) is 37.6 Å². The molecule has 53 heavy (non-hydrogen) atoms. The first kappa shape index (κ1) is 33.6. The van der Waals surface area contributed by atoms with Crippen LogP contribution in [-0.4, -0.2) is 28.2 Å². The molecular weight excluding hydrogens is 649 g/mol. The van der Waals surface area contributed by atoms with Crippen molar-refractivity contribution < 1.29 is 0 Å². The summed E-state index contributed by atoms with van der Waals surface area (Å²) in [6.45, 7) is 14.0. The lowest BCUT2D eigenvalue weighted by atomic mass is 9.78. The second-order valence-corrected chi connectivity index (χ2v) is 19.4. The Kier molecular flexibility index (Phi) is 7.64. The van der Waals surface area contributed by atoms with E-state index in [0.717, 1.165) is 35.5 Å². The van der Waals surface area contributed by atoms with Gasteiger partial charge in [0.2, 0.25) is 0 Å². The van der Waals surface area contributed by atoms with Gasteiger partial charge < -0.3 is 13.2 Å². The number of aromatic nitrogens is 6. The molecule has 6 aliphatic carbocycles. The summed E-state index contributed by atoms with van der Waals surface area (Å²) in [5.41, 5.74) is 13.7. The third-order valence-electron chi connectivity index (χ3n) is 15.5. The van der Waals surface area contributed by atoms with Crippen molar-refractivity contribution in [3.8, 4) is 0 Å². The van der Waals surface area contributed by atoms with Crippen LogP contribution in [0, 0.1) is 56.3 Å². The van der Waals surface area contributed by atoms with E-state index in [1.54, 1.807) is 0 Å². The SMILES string of the molecule is Cc1cc(C2(C)C3CCCC32)c2cncn2c1.Cc1cc(C2(C)CC3CC3C2)c2cncn2c1.Cc1cc(C2(C)CC3CCCC3C2)c2cncn2c1. The lowest BCUT2D eigenvalue weighted by Gasteiger charge is -2.27. The van der Waals surface area contributed by atoms with Crippen molar-refractivity contribution in [3.05, 3.63) is 108 Å². The van der Waals surface area contributed by atoms with Gasteiger partial charge in [-0.1, -0.05) is 64.7 Å². The Morgan fingerprint density at radius 1 is 0.509 bits per heavy atom. The lowest BCUT2D eigenvalue weighted by Crippen LogP contribution is -2.20. The van der Waals surface area contributed by atoms with E-state index in [1.165, 1.54) is 121 Å². The summed E-state index contributed by atoms with van der Waals surface area (Å²) in [7, 11) is 0. The number of fused-ring (bicyclic) bond motifs is 6. The standard InChI is InChI=1S/C17H22N2.2C15H18N2/c1-12-6-15(16-9-18-11-19(16)10-12)17(2)7-13-4-3-5-14(13)8-17;1-10-3-13(14-7-16-9-17(14)8-10)15(2)5-11-4-12(11)6-15;1-10-6-13(14-7-16-9-17(14)8-10)15(2)11-4-3-5-12(11)15/h6,9-11,13-14H,3-5,7-8H2,1-2H3;3,7-9,11-12H,4-6H2,1-2H3;6-9,11-12H,3-5H2,1-2H3. The Morgan fingerprint density at radius 3 is 1.34 bits per heavy atom. The van der Waals surface area contributed by atoms with Crippen molar-refractivity contribution in [1.82, 2.24) is 28.2 Å². The molecular formula is C47H58N6. The van der Waals surface area contributed by atoms with Gasteiger partial charge in [-0.3, -0.25) is 0 Å². The summed E-state index contributed by atoms with van der Waals surface area (Å²) in [6.07, 6.45) is 34.0. The van der Waals surface area contributed by atoms with Crippen LogP contribution in [0.4, 0.5) is 0 Å². The molecule has 0 aliphatic heterocycles. The molecule has 6 aliphatic rings. The zero-order chi connectivity index (χ0) is 36.3. The van der Waals surface area contributed by atoms with Gasteiger partial charge in [0.05, 0.1) is 54.1 Å². The Morgan fingerprint density at radius 2 is 0.887 bits per heavy atom. The summed E-state index contributed by atoms with van der Waals surface area (Å²) in [6, 6.07) is 7.16. The minimum atomic E-state index is 0.364. The fourth-order valence-corrected chi connectivity index (χ4v) is 13.0. The number of imidazole rings is 3. The van der Waals surface area contributed by atoms with Crippen molar-refractivity contribution in [3.63, 3.8) is 0 Å². The monoisotopic (exact) mass is 706 g/mol. The summed E-state index contributed by atoms with van der Waals surface area (Å²) in [5, 5.41) is 0. The zero-order valence-electron chi connectivity index (χ0n) is 32.9. The second kappa shape index (κ2) is 12.0. The largest absolute Gasteiger partial charge is 0.306 e. The molecule has 6 atom stereocenters. The molecule has 6 heterocycles. The molecule has 0 saturated heterocycles. The van der Waals surface area contributed by atoms with Crippen LogP contribution in [-0.2, 0) is 16.2 Å². The van der Waals surface area contributed by atoms with Gasteiger partial charge in [0.1, 0.15) is 0 Å². The van der Waals surface area contributed by atoms with E-state index in [-0.39, 0.29) is 0 Å². The number of pyridine rings is 3. The fourth-order valence-electron chi connectivity index (χ4n) is 13.0. The molecule has 0 aromatic carbocycles. The fraction of sp³-hybridized carbons (Fsp3) is 0.553. The Balaban J connectivity index is 0.0000000991. The number of rotatable bonds is 3. The highest BCUT2D eigenvalue weighted by molar-refractivity contribution is 5.61. The van der Waals surface area contributed by atoms with E-state index >= 15 is 0 Å². The van der Waals surface area contributed by atoms with Crippen molar-refractivity contribution in [2.75, 3.05) is 0 Å². The predicted molar refractivity (Wildman–Crippen MR) is 214 cm³/mol. The topological polar surface area (TPSA) is 51.9 Å². The minimum absolute atomic E-state index is 0.364. The molecule has 6 nitrogen and oxygen atoms in total. The summed E-state index contributed by atoms with van der Waals surface area (Å²) in [4.78, 5) is 12.9. The van der Waals surface area contributed by atoms with Crippen LogP contribution >= 0.6 is 0 Å². The first-order chi connectivity index (χ1) is 25.5. The van der Waals surface area contributed by atoms with Gasteiger partial charge in [0, 0.05) is 24.0 Å². The molecule has 12 rings (SSSR count). The van der Waals surface area contributed by atoms with Crippen LogP contribution in [0.5, 0.6) is 0 Å². The maximum Gasteiger partial charge on any atom is 0.0992 e. The Labute approximate surface area is 315 Å². The average molecular weight is 707 g/mol. The number of nitrogens with zero attached hydrogens (tertiary/aromatic N) is 6. The molecule has 276 valence electrons. The van der Waals surface area contributed by atoms with Crippen molar-refractivity contribution in [1.29, 1.82) is 0 Å². The highest BCUT2D eigenvalue weighted by atomic mass is 15.0. The molecule has 6 fully saturated rings. The van der Waals surface area contributed by atoms with E-state index in [4.69, 9.17) is 0 Å². The van der Waals surface area contributed by atoms with Crippen LogP contribution in [0.15, 0.2) is 74.4 Å². The highest BCUT2D eigenvalue weighted by Gasteiger charge is 2.64. The van der Waals surface area contributed by atoms with Crippen molar-refractivity contribution in [2.24, 2.45) is 35.5 Å². The Hall–Kier alpha value is -3.93. The predicted octanol–water partition coefficient (Wildman–Crippen LogP) is 10.8. The van der Waals surface area contributed by atoms with E-state index in [0.29, 0.717) is 16.2 Å². The van der Waals surface area contributed by atoms with Crippen LogP contribution < -0.4 is 0 Å².